The molecule has 0 aliphatic heterocycles. The zero-order valence-corrected chi connectivity index (χ0v) is 14.5. The number of hydrogen-bond acceptors (Lipinski definition) is 5. The number of carbonyl (C=O) groups excluding carboxylic acids is 2. The van der Waals surface area contributed by atoms with Gasteiger partial charge in [0.2, 0.25) is 0 Å². The third kappa shape index (κ3) is 5.47. The molecular formula is C16H12Cl2F2N2O4. The van der Waals surface area contributed by atoms with Gasteiger partial charge in [0.1, 0.15) is 5.75 Å². The van der Waals surface area contributed by atoms with Crippen LogP contribution in [-0.4, -0.2) is 25.1 Å². The normalized spacial score (nSPS) is 10.5. The zero-order valence-electron chi connectivity index (χ0n) is 13.0. The largest absolute Gasteiger partial charge is 0.452 e. The zero-order chi connectivity index (χ0) is 19.3. The maximum Gasteiger partial charge on any atom is 0.387 e. The van der Waals surface area contributed by atoms with Gasteiger partial charge in [-0.15, -0.1) is 0 Å². The molecule has 0 aliphatic carbocycles. The first-order valence-electron chi connectivity index (χ1n) is 7.02. The molecule has 0 atom stereocenters. The van der Waals surface area contributed by atoms with Crippen molar-refractivity contribution in [1.29, 1.82) is 0 Å². The molecule has 138 valence electrons. The second kappa shape index (κ2) is 8.68. The van der Waals surface area contributed by atoms with Gasteiger partial charge in [0.15, 0.2) is 6.61 Å². The Balaban J connectivity index is 1.91. The van der Waals surface area contributed by atoms with E-state index in [9.17, 15) is 18.4 Å². The Bertz CT molecular complexity index is 817. The minimum absolute atomic E-state index is 0.0175. The molecule has 0 aromatic heterocycles. The summed E-state index contributed by atoms with van der Waals surface area (Å²) in [6, 6.07) is 7.84. The lowest BCUT2D eigenvalue weighted by atomic mass is 10.2. The number of esters is 1. The molecule has 0 fully saturated rings. The van der Waals surface area contributed by atoms with Crippen LogP contribution in [0.15, 0.2) is 36.4 Å². The second-order valence-corrected chi connectivity index (χ2v) is 5.72. The van der Waals surface area contributed by atoms with E-state index in [-0.39, 0.29) is 27.0 Å². The highest BCUT2D eigenvalue weighted by Crippen LogP contribution is 2.28. The maximum atomic E-state index is 12.1. The van der Waals surface area contributed by atoms with Crippen molar-refractivity contribution in [3.05, 3.63) is 52.0 Å². The summed E-state index contributed by atoms with van der Waals surface area (Å²) in [6.07, 6.45) is 0. The van der Waals surface area contributed by atoms with Crippen LogP contribution < -0.4 is 15.8 Å². The molecule has 0 heterocycles. The monoisotopic (exact) mass is 404 g/mol. The van der Waals surface area contributed by atoms with Crippen molar-refractivity contribution in [2.24, 2.45) is 0 Å². The first-order chi connectivity index (χ1) is 12.3. The van der Waals surface area contributed by atoms with Gasteiger partial charge in [-0.3, -0.25) is 4.79 Å². The lowest BCUT2D eigenvalue weighted by Gasteiger charge is -2.10. The van der Waals surface area contributed by atoms with Gasteiger partial charge in [0, 0.05) is 10.7 Å². The Labute approximate surface area is 156 Å². The van der Waals surface area contributed by atoms with Gasteiger partial charge in [-0.25, -0.2) is 4.79 Å². The number of nitrogens with two attached hydrogens (primary N) is 1. The number of rotatable bonds is 6. The van der Waals surface area contributed by atoms with Crippen molar-refractivity contribution >= 4 is 46.5 Å². The fourth-order valence-corrected chi connectivity index (χ4v) is 2.37. The Hall–Kier alpha value is -2.58. The summed E-state index contributed by atoms with van der Waals surface area (Å²) in [5, 5.41) is 2.69. The van der Waals surface area contributed by atoms with Gasteiger partial charge in [-0.2, -0.15) is 8.78 Å². The van der Waals surface area contributed by atoms with Crippen LogP contribution in [-0.2, 0) is 9.53 Å². The first kappa shape index (κ1) is 19.7. The highest BCUT2D eigenvalue weighted by molar-refractivity contribution is 6.37. The van der Waals surface area contributed by atoms with Crippen LogP contribution in [0.4, 0.5) is 20.2 Å². The summed E-state index contributed by atoms with van der Waals surface area (Å²) in [4.78, 5) is 23.8. The maximum absolute atomic E-state index is 12.1. The SMILES string of the molecule is Nc1c(Cl)cc(Cl)cc1C(=O)OCC(=O)Nc1ccc(OC(F)F)cc1. The highest BCUT2D eigenvalue weighted by Gasteiger charge is 2.16. The van der Waals surface area contributed by atoms with Crippen molar-refractivity contribution in [2.45, 2.75) is 6.61 Å². The molecule has 1 amide bonds. The third-order valence-electron chi connectivity index (χ3n) is 3.01. The minimum atomic E-state index is -2.94. The van der Waals surface area contributed by atoms with Crippen LogP contribution in [0.2, 0.25) is 10.0 Å². The van der Waals surface area contributed by atoms with Crippen molar-refractivity contribution in [3.8, 4) is 5.75 Å². The van der Waals surface area contributed by atoms with Crippen LogP contribution in [0, 0.1) is 0 Å². The minimum Gasteiger partial charge on any atom is -0.452 e. The molecular weight excluding hydrogens is 393 g/mol. The van der Waals surface area contributed by atoms with Crippen LogP contribution in [0.3, 0.4) is 0 Å². The van der Waals surface area contributed by atoms with Crippen molar-refractivity contribution in [3.63, 3.8) is 0 Å². The summed E-state index contributed by atoms with van der Waals surface area (Å²) in [5.74, 6) is -1.58. The van der Waals surface area contributed by atoms with Gasteiger partial charge in [-0.1, -0.05) is 23.2 Å². The lowest BCUT2D eigenvalue weighted by Crippen LogP contribution is -2.21. The number of hydrogen-bond donors (Lipinski definition) is 2. The molecule has 2 rings (SSSR count). The molecule has 0 radical (unpaired) electrons. The Morgan fingerprint density at radius 2 is 1.81 bits per heavy atom. The molecule has 10 heteroatoms. The summed E-state index contributed by atoms with van der Waals surface area (Å²) in [7, 11) is 0. The number of benzene rings is 2. The van der Waals surface area contributed by atoms with Gasteiger partial charge in [0.25, 0.3) is 5.91 Å². The van der Waals surface area contributed by atoms with E-state index in [0.29, 0.717) is 5.69 Å². The van der Waals surface area contributed by atoms with E-state index in [4.69, 9.17) is 33.7 Å². The fraction of sp³-hybridized carbons (Fsp3) is 0.125. The van der Waals surface area contributed by atoms with E-state index in [1.165, 1.54) is 36.4 Å². The highest BCUT2D eigenvalue weighted by atomic mass is 35.5. The molecule has 3 N–H and O–H groups in total. The van der Waals surface area contributed by atoms with E-state index in [1.54, 1.807) is 0 Å². The van der Waals surface area contributed by atoms with Gasteiger partial charge in [-0.05, 0) is 36.4 Å². The second-order valence-electron chi connectivity index (χ2n) is 4.88. The fourth-order valence-electron chi connectivity index (χ4n) is 1.88. The number of halogens is 4. The average molecular weight is 405 g/mol. The van der Waals surface area contributed by atoms with Crippen LogP contribution in [0.25, 0.3) is 0 Å². The number of nitrogen functional groups attached to an aromatic ring is 1. The molecule has 0 saturated heterocycles. The number of amides is 1. The summed E-state index contributed by atoms with van der Waals surface area (Å²) >= 11 is 11.6. The van der Waals surface area contributed by atoms with E-state index in [0.717, 1.165) is 0 Å². The van der Waals surface area contributed by atoms with Gasteiger partial charge in [0.05, 0.1) is 16.3 Å². The molecule has 0 saturated carbocycles. The van der Waals surface area contributed by atoms with E-state index < -0.39 is 25.1 Å². The van der Waals surface area contributed by atoms with Crippen molar-refractivity contribution in [1.82, 2.24) is 0 Å². The predicted octanol–water partition coefficient (Wildman–Crippen LogP) is 3.97. The number of carbonyl (C=O) groups is 2. The predicted molar refractivity (Wildman–Crippen MR) is 92.9 cm³/mol. The van der Waals surface area contributed by atoms with Crippen LogP contribution in [0.1, 0.15) is 10.4 Å². The number of anilines is 2. The van der Waals surface area contributed by atoms with E-state index in [1.807, 2.05) is 0 Å². The molecule has 0 spiro atoms. The van der Waals surface area contributed by atoms with Crippen molar-refractivity contribution < 1.29 is 27.8 Å². The number of nitrogens with one attached hydrogen (secondary N) is 1. The van der Waals surface area contributed by atoms with Crippen LogP contribution >= 0.6 is 23.2 Å². The molecule has 2 aromatic rings. The van der Waals surface area contributed by atoms with E-state index >= 15 is 0 Å². The molecule has 0 bridgehead atoms. The number of alkyl halides is 2. The Kier molecular flexibility index (Phi) is 6.59. The topological polar surface area (TPSA) is 90.7 Å². The summed E-state index contributed by atoms with van der Waals surface area (Å²) < 4.78 is 33.2. The molecule has 0 unspecified atom stereocenters. The quantitative estimate of drug-likeness (QED) is 0.561. The Morgan fingerprint density at radius 1 is 1.15 bits per heavy atom. The molecule has 2 aromatic carbocycles. The summed E-state index contributed by atoms with van der Waals surface area (Å²) in [6.45, 7) is -3.54. The van der Waals surface area contributed by atoms with Gasteiger partial charge < -0.3 is 20.5 Å². The molecule has 0 aliphatic rings. The number of ether oxygens (including phenoxy) is 2. The van der Waals surface area contributed by atoms with Crippen molar-refractivity contribution in [2.75, 3.05) is 17.7 Å². The average Bonchev–Trinajstić information content (AvgIpc) is 2.57. The smallest absolute Gasteiger partial charge is 0.387 e. The lowest BCUT2D eigenvalue weighted by molar-refractivity contribution is -0.119. The van der Waals surface area contributed by atoms with E-state index in [2.05, 4.69) is 10.1 Å². The summed E-state index contributed by atoms with van der Waals surface area (Å²) in [5.41, 5.74) is 5.89. The first-order valence-corrected chi connectivity index (χ1v) is 7.78. The standard InChI is InChI=1S/C16H12Cl2F2N2O4/c17-8-5-11(14(21)12(18)6-8)15(24)25-7-13(23)22-9-1-3-10(4-2-9)26-16(19)20/h1-6,16H,7,21H2,(H,22,23). The molecule has 26 heavy (non-hydrogen) atoms. The van der Waals surface area contributed by atoms with Crippen LogP contribution in [0.5, 0.6) is 5.75 Å². The molecule has 6 nitrogen and oxygen atoms in total. The third-order valence-corrected chi connectivity index (χ3v) is 3.54. The Morgan fingerprint density at radius 3 is 2.42 bits per heavy atom. The van der Waals surface area contributed by atoms with Gasteiger partial charge >= 0.3 is 12.6 Å².